The molecule has 0 spiro atoms. The molecule has 0 amide bonds. The highest BCUT2D eigenvalue weighted by molar-refractivity contribution is 6.32. The van der Waals surface area contributed by atoms with Gasteiger partial charge in [-0.1, -0.05) is 37.3 Å². The minimum absolute atomic E-state index is 0.594. The number of hydrogen-bond donors (Lipinski definition) is 0. The van der Waals surface area contributed by atoms with Crippen molar-refractivity contribution in [3.8, 4) is 5.75 Å². The van der Waals surface area contributed by atoms with E-state index >= 15 is 0 Å². The number of amidine groups is 1. The van der Waals surface area contributed by atoms with Crippen molar-refractivity contribution in [2.75, 3.05) is 32.5 Å². The van der Waals surface area contributed by atoms with Gasteiger partial charge in [-0.3, -0.25) is 9.80 Å². The van der Waals surface area contributed by atoms with E-state index in [0.717, 1.165) is 12.4 Å². The molecule has 1 aliphatic heterocycles. The fraction of sp³-hybridized carbons (Fsp3) is 0.611. The van der Waals surface area contributed by atoms with E-state index in [1.165, 1.54) is 38.5 Å². The third-order valence-electron chi connectivity index (χ3n) is 4.91. The fourth-order valence-electron chi connectivity index (χ4n) is 3.57. The summed E-state index contributed by atoms with van der Waals surface area (Å²) in [5, 5.41) is 0.594. The zero-order valence-corrected chi connectivity index (χ0v) is 15.3. The van der Waals surface area contributed by atoms with Gasteiger partial charge in [-0.15, -0.1) is 0 Å². The summed E-state index contributed by atoms with van der Waals surface area (Å²) >= 11 is 6.30. The molecule has 132 valence electrons. The smallest absolute Gasteiger partial charge is 0.294 e. The zero-order chi connectivity index (χ0) is 16.9. The Kier molecular flexibility index (Phi) is 5.85. The summed E-state index contributed by atoms with van der Waals surface area (Å²) in [5.74, 6) is 0.675. The van der Waals surface area contributed by atoms with Crippen LogP contribution in [-0.4, -0.2) is 44.5 Å². The highest BCUT2D eigenvalue weighted by Crippen LogP contribution is 2.31. The van der Waals surface area contributed by atoms with Crippen molar-refractivity contribution >= 4 is 23.3 Å². The predicted molar refractivity (Wildman–Crippen MR) is 98.0 cm³/mol. The van der Waals surface area contributed by atoms with Crippen molar-refractivity contribution in [2.24, 2.45) is 4.99 Å². The Hall–Kier alpha value is -1.46. The lowest BCUT2D eigenvalue weighted by molar-refractivity contribution is 0.174. The van der Waals surface area contributed by atoms with E-state index in [0.29, 0.717) is 29.5 Å². The summed E-state index contributed by atoms with van der Waals surface area (Å²) in [7, 11) is 3.29. The summed E-state index contributed by atoms with van der Waals surface area (Å²) in [5.41, 5.74) is 0.972. The first-order chi connectivity index (χ1) is 11.7. The van der Waals surface area contributed by atoms with Crippen LogP contribution in [0.25, 0.3) is 0 Å². The molecule has 2 aliphatic rings. The number of anilines is 1. The molecule has 24 heavy (non-hydrogen) atoms. The number of nitrogens with zero attached hydrogens (tertiary/aromatic N) is 3. The second kappa shape index (κ2) is 8.08. The molecule has 1 aromatic carbocycles. The normalized spacial score (nSPS) is 20.5. The maximum absolute atomic E-state index is 6.30. The van der Waals surface area contributed by atoms with Crippen molar-refractivity contribution in [3.63, 3.8) is 0 Å². The van der Waals surface area contributed by atoms with Gasteiger partial charge in [0.2, 0.25) is 0 Å². The number of aliphatic imine (C=N–C) groups is 1. The maximum atomic E-state index is 6.30. The van der Waals surface area contributed by atoms with Gasteiger partial charge in [-0.2, -0.15) is 0 Å². The molecule has 3 rings (SSSR count). The summed E-state index contributed by atoms with van der Waals surface area (Å²) in [6.45, 7) is 1.48. The molecule has 1 saturated carbocycles. The third kappa shape index (κ3) is 3.78. The lowest BCUT2D eigenvalue weighted by atomic mass is 10.1. The van der Waals surface area contributed by atoms with Gasteiger partial charge in [0.1, 0.15) is 5.75 Å². The number of rotatable bonds is 3. The molecular weight excluding hydrogens is 326 g/mol. The first-order valence-electron chi connectivity index (χ1n) is 8.66. The Morgan fingerprint density at radius 2 is 1.83 bits per heavy atom. The van der Waals surface area contributed by atoms with E-state index in [1.54, 1.807) is 14.2 Å². The number of benzene rings is 1. The number of hydrogen-bond acceptors (Lipinski definition) is 5. The number of halogens is 1. The summed E-state index contributed by atoms with van der Waals surface area (Å²) < 4.78 is 10.7. The molecule has 0 radical (unpaired) electrons. The van der Waals surface area contributed by atoms with E-state index < -0.39 is 0 Å². The summed E-state index contributed by atoms with van der Waals surface area (Å²) in [4.78, 5) is 9.17. The average molecular weight is 352 g/mol. The van der Waals surface area contributed by atoms with E-state index in [-0.39, 0.29) is 0 Å². The van der Waals surface area contributed by atoms with E-state index in [9.17, 15) is 0 Å². The van der Waals surface area contributed by atoms with Crippen LogP contribution in [0.3, 0.4) is 0 Å². The molecule has 0 saturated heterocycles. The zero-order valence-electron chi connectivity index (χ0n) is 14.5. The Morgan fingerprint density at radius 3 is 2.46 bits per heavy atom. The van der Waals surface area contributed by atoms with Gasteiger partial charge in [-0.05, 0) is 31.0 Å². The molecule has 0 bridgehead atoms. The highest BCUT2D eigenvalue weighted by atomic mass is 35.5. The highest BCUT2D eigenvalue weighted by Gasteiger charge is 2.28. The molecule has 1 heterocycles. The SMILES string of the molecule is COC1=NCN(C2CCCCCC2)CN1c1ccc(OC)c(Cl)c1. The van der Waals surface area contributed by atoms with Crippen LogP contribution in [0.15, 0.2) is 23.2 Å². The molecule has 5 nitrogen and oxygen atoms in total. The first-order valence-corrected chi connectivity index (χ1v) is 9.04. The lowest BCUT2D eigenvalue weighted by Crippen LogP contribution is -2.50. The van der Waals surface area contributed by atoms with Crippen LogP contribution in [0.4, 0.5) is 5.69 Å². The van der Waals surface area contributed by atoms with E-state index in [4.69, 9.17) is 21.1 Å². The van der Waals surface area contributed by atoms with Crippen molar-refractivity contribution in [1.29, 1.82) is 0 Å². The van der Waals surface area contributed by atoms with E-state index in [1.807, 2.05) is 18.2 Å². The molecule has 1 fully saturated rings. The monoisotopic (exact) mass is 351 g/mol. The minimum atomic E-state index is 0.594. The topological polar surface area (TPSA) is 37.3 Å². The summed E-state index contributed by atoms with van der Waals surface area (Å²) in [6.07, 6.45) is 7.86. The fourth-order valence-corrected chi connectivity index (χ4v) is 3.82. The Bertz CT molecular complexity index is 586. The standard InChI is InChI=1S/C18H26ClN3O2/c1-23-17-10-9-15(11-16(17)19)22-13-21(12-20-18(22)24-2)14-7-5-3-4-6-8-14/h9-11,14H,3-8,12-13H2,1-2H3. The van der Waals surface area contributed by atoms with Gasteiger partial charge in [0, 0.05) is 11.7 Å². The van der Waals surface area contributed by atoms with Crippen LogP contribution in [0, 0.1) is 0 Å². The Morgan fingerprint density at radius 1 is 1.08 bits per heavy atom. The van der Waals surface area contributed by atoms with Gasteiger partial charge in [0.15, 0.2) is 0 Å². The average Bonchev–Trinajstić information content (AvgIpc) is 2.90. The molecular formula is C18H26ClN3O2. The van der Waals surface area contributed by atoms with Crippen LogP contribution in [0.2, 0.25) is 5.02 Å². The van der Waals surface area contributed by atoms with Gasteiger partial charge in [0.05, 0.1) is 32.6 Å². The Labute approximate surface area is 149 Å². The molecule has 1 aromatic rings. The van der Waals surface area contributed by atoms with Crippen LogP contribution in [0.5, 0.6) is 5.75 Å². The predicted octanol–water partition coefficient (Wildman–Crippen LogP) is 4.11. The molecule has 0 atom stereocenters. The quantitative estimate of drug-likeness (QED) is 0.768. The molecule has 0 N–H and O–H groups in total. The third-order valence-corrected chi connectivity index (χ3v) is 5.21. The summed E-state index contributed by atoms with van der Waals surface area (Å²) in [6, 6.07) is 7.03. The van der Waals surface area contributed by atoms with Crippen LogP contribution in [-0.2, 0) is 4.74 Å². The molecule has 1 aliphatic carbocycles. The number of ether oxygens (including phenoxy) is 2. The van der Waals surface area contributed by atoms with Gasteiger partial charge in [-0.25, -0.2) is 4.99 Å². The van der Waals surface area contributed by atoms with Gasteiger partial charge >= 0.3 is 0 Å². The molecule has 0 unspecified atom stereocenters. The second-order valence-corrected chi connectivity index (χ2v) is 6.82. The van der Waals surface area contributed by atoms with Crippen LogP contribution >= 0.6 is 11.6 Å². The van der Waals surface area contributed by atoms with Gasteiger partial charge in [0.25, 0.3) is 6.02 Å². The van der Waals surface area contributed by atoms with Crippen molar-refractivity contribution in [3.05, 3.63) is 23.2 Å². The molecule has 6 heteroatoms. The second-order valence-electron chi connectivity index (χ2n) is 6.41. The van der Waals surface area contributed by atoms with Crippen molar-refractivity contribution in [2.45, 2.75) is 44.6 Å². The van der Waals surface area contributed by atoms with Crippen molar-refractivity contribution < 1.29 is 9.47 Å². The number of methoxy groups -OCH3 is 2. The van der Waals surface area contributed by atoms with Gasteiger partial charge < -0.3 is 9.47 Å². The van der Waals surface area contributed by atoms with Crippen LogP contribution < -0.4 is 9.64 Å². The Balaban J connectivity index is 1.80. The lowest BCUT2D eigenvalue weighted by Gasteiger charge is -2.39. The van der Waals surface area contributed by atoms with Crippen molar-refractivity contribution in [1.82, 2.24) is 4.90 Å². The molecule has 0 aromatic heterocycles. The largest absolute Gasteiger partial charge is 0.495 e. The van der Waals surface area contributed by atoms with E-state index in [2.05, 4.69) is 14.8 Å². The minimum Gasteiger partial charge on any atom is -0.495 e. The van der Waals surface area contributed by atoms with Crippen LogP contribution in [0.1, 0.15) is 38.5 Å². The maximum Gasteiger partial charge on any atom is 0.294 e. The first kappa shape index (κ1) is 17.4.